The van der Waals surface area contributed by atoms with E-state index in [-0.39, 0.29) is 23.2 Å². The number of amides is 1. The predicted octanol–water partition coefficient (Wildman–Crippen LogP) is 4.86. The van der Waals surface area contributed by atoms with Gasteiger partial charge in [-0.05, 0) is 69.9 Å². The fourth-order valence-electron chi connectivity index (χ4n) is 6.37. The molecular formula is C28H34FNO3. The van der Waals surface area contributed by atoms with Crippen molar-refractivity contribution in [1.82, 2.24) is 5.32 Å². The molecule has 2 aromatic rings. The van der Waals surface area contributed by atoms with Crippen LogP contribution in [0.2, 0.25) is 0 Å². The lowest BCUT2D eigenvalue weighted by atomic mass is 9.74. The van der Waals surface area contributed by atoms with Crippen molar-refractivity contribution in [1.29, 1.82) is 0 Å². The number of aliphatic hydroxyl groups excluding tert-OH is 1. The Morgan fingerprint density at radius 1 is 1.06 bits per heavy atom. The number of carbonyl (C=O) groups excluding carboxylic acids is 1. The van der Waals surface area contributed by atoms with Gasteiger partial charge in [-0.1, -0.05) is 48.5 Å². The van der Waals surface area contributed by atoms with Gasteiger partial charge in [-0.2, -0.15) is 0 Å². The Morgan fingerprint density at radius 3 is 2.45 bits per heavy atom. The molecule has 0 unspecified atom stereocenters. The number of hydrogen-bond donors (Lipinski definition) is 2. The first-order valence-corrected chi connectivity index (χ1v) is 12.2. The van der Waals surface area contributed by atoms with Gasteiger partial charge in [-0.25, -0.2) is 4.39 Å². The maximum Gasteiger partial charge on any atom is 0.230 e. The minimum Gasteiger partial charge on any atom is -0.390 e. The molecule has 0 spiro atoms. The molecule has 3 aliphatic rings. The first-order chi connectivity index (χ1) is 15.7. The molecule has 1 aliphatic carbocycles. The van der Waals surface area contributed by atoms with Crippen LogP contribution in [-0.4, -0.2) is 34.9 Å². The lowest BCUT2D eigenvalue weighted by molar-refractivity contribution is -0.215. The van der Waals surface area contributed by atoms with Crippen molar-refractivity contribution in [3.8, 4) is 0 Å². The van der Waals surface area contributed by atoms with Crippen molar-refractivity contribution in [2.75, 3.05) is 6.54 Å². The van der Waals surface area contributed by atoms with Gasteiger partial charge < -0.3 is 15.2 Å². The van der Waals surface area contributed by atoms with E-state index >= 15 is 0 Å². The molecule has 5 rings (SSSR count). The van der Waals surface area contributed by atoms with Gasteiger partial charge in [0.2, 0.25) is 5.91 Å². The molecule has 2 heterocycles. The summed E-state index contributed by atoms with van der Waals surface area (Å²) in [5.74, 6) is -0.235. The van der Waals surface area contributed by atoms with Crippen molar-refractivity contribution in [3.05, 3.63) is 71.5 Å². The van der Waals surface area contributed by atoms with Crippen LogP contribution in [0.4, 0.5) is 4.39 Å². The molecule has 0 aromatic heterocycles. The molecule has 0 radical (unpaired) electrons. The van der Waals surface area contributed by atoms with Crippen molar-refractivity contribution in [2.45, 2.75) is 81.0 Å². The van der Waals surface area contributed by atoms with Gasteiger partial charge in [-0.3, -0.25) is 4.79 Å². The van der Waals surface area contributed by atoms with Crippen LogP contribution in [0, 0.1) is 11.7 Å². The van der Waals surface area contributed by atoms with Crippen molar-refractivity contribution in [2.24, 2.45) is 5.92 Å². The van der Waals surface area contributed by atoms with Crippen LogP contribution in [-0.2, 0) is 14.9 Å². The Hall–Kier alpha value is -2.24. The van der Waals surface area contributed by atoms with Crippen LogP contribution in [0.1, 0.15) is 69.4 Å². The van der Waals surface area contributed by atoms with Crippen LogP contribution < -0.4 is 5.32 Å². The van der Waals surface area contributed by atoms with Crippen LogP contribution in [0.3, 0.4) is 0 Å². The molecule has 176 valence electrons. The zero-order valence-corrected chi connectivity index (χ0v) is 19.5. The molecule has 33 heavy (non-hydrogen) atoms. The number of halogens is 1. The number of benzene rings is 2. The number of aliphatic hydroxyl groups is 1. The molecule has 1 saturated carbocycles. The molecule has 1 amide bonds. The zero-order chi connectivity index (χ0) is 23.3. The molecule has 5 heteroatoms. The standard InChI is InChI=1S/C28H34FNO3/c1-26-13-12-20(18-30-25(32)28(14-15-28)22-10-6-7-11-23(22)29)24(31)27(2,33-26)17-21(16-26)19-8-4-3-5-9-19/h3-11,20-21,24,31H,12-18H2,1-2H3,(H,30,32)/t20-,21-,24-,26-,27-/m0/s1. The van der Waals surface area contributed by atoms with Crippen molar-refractivity contribution in [3.63, 3.8) is 0 Å². The molecule has 2 N–H and O–H groups in total. The number of ether oxygens (including phenoxy) is 1. The number of carbonyl (C=O) groups is 1. The number of hydrogen-bond acceptors (Lipinski definition) is 3. The third-order valence-electron chi connectivity index (χ3n) is 8.30. The highest BCUT2D eigenvalue weighted by atomic mass is 19.1. The number of rotatable bonds is 5. The summed E-state index contributed by atoms with van der Waals surface area (Å²) in [6.07, 6.45) is 3.92. The second kappa shape index (κ2) is 8.21. The Bertz CT molecular complexity index is 1020. The average molecular weight is 452 g/mol. The quantitative estimate of drug-likeness (QED) is 0.683. The van der Waals surface area contributed by atoms with Crippen LogP contribution in [0.15, 0.2) is 54.6 Å². The smallest absolute Gasteiger partial charge is 0.230 e. The Balaban J connectivity index is 1.31. The van der Waals surface area contributed by atoms with E-state index in [9.17, 15) is 14.3 Å². The fraction of sp³-hybridized carbons (Fsp3) is 0.536. The lowest BCUT2D eigenvalue weighted by Crippen LogP contribution is -2.54. The SMILES string of the molecule is C[C@]12CC[C@@H](CNC(=O)C3(c4ccccc4F)CC3)[C@H](O)[C@](C)(C[C@@H](c3ccccc3)C1)O2. The normalized spacial score (nSPS) is 34.8. The maximum atomic E-state index is 14.4. The largest absolute Gasteiger partial charge is 0.390 e. The summed E-state index contributed by atoms with van der Waals surface area (Å²) >= 11 is 0. The van der Waals surface area contributed by atoms with Crippen molar-refractivity contribution >= 4 is 5.91 Å². The van der Waals surface area contributed by atoms with Crippen LogP contribution in [0.5, 0.6) is 0 Å². The molecule has 3 fully saturated rings. The number of nitrogens with one attached hydrogen (secondary N) is 1. The minimum absolute atomic E-state index is 0.105. The summed E-state index contributed by atoms with van der Waals surface area (Å²) in [5, 5.41) is 14.5. The van der Waals surface area contributed by atoms with E-state index in [1.165, 1.54) is 11.6 Å². The topological polar surface area (TPSA) is 58.6 Å². The van der Waals surface area contributed by atoms with Gasteiger partial charge >= 0.3 is 0 Å². The van der Waals surface area contributed by atoms with E-state index in [0.717, 1.165) is 25.7 Å². The van der Waals surface area contributed by atoms with Crippen LogP contribution >= 0.6 is 0 Å². The van der Waals surface area contributed by atoms with Gasteiger partial charge in [-0.15, -0.1) is 0 Å². The summed E-state index contributed by atoms with van der Waals surface area (Å²) in [5.41, 5.74) is 0.0215. The lowest BCUT2D eigenvalue weighted by Gasteiger charge is -2.49. The van der Waals surface area contributed by atoms with Gasteiger partial charge in [0.1, 0.15) is 5.82 Å². The molecule has 2 aromatic carbocycles. The van der Waals surface area contributed by atoms with E-state index in [1.54, 1.807) is 18.2 Å². The highest BCUT2D eigenvalue weighted by Crippen LogP contribution is 2.51. The highest BCUT2D eigenvalue weighted by Gasteiger charge is 2.55. The highest BCUT2D eigenvalue weighted by molar-refractivity contribution is 5.91. The van der Waals surface area contributed by atoms with E-state index in [2.05, 4.69) is 36.5 Å². The van der Waals surface area contributed by atoms with E-state index in [4.69, 9.17) is 4.74 Å². The van der Waals surface area contributed by atoms with E-state index in [0.29, 0.717) is 30.9 Å². The second-order valence-electron chi connectivity index (χ2n) is 10.9. The summed E-state index contributed by atoms with van der Waals surface area (Å²) in [6, 6.07) is 17.0. The first kappa shape index (κ1) is 22.5. The van der Waals surface area contributed by atoms with E-state index < -0.39 is 17.1 Å². The summed E-state index contributed by atoms with van der Waals surface area (Å²) in [7, 11) is 0. The molecule has 2 bridgehead atoms. The summed E-state index contributed by atoms with van der Waals surface area (Å²) in [6.45, 7) is 4.56. The fourth-order valence-corrected chi connectivity index (χ4v) is 6.37. The van der Waals surface area contributed by atoms with Crippen molar-refractivity contribution < 1.29 is 19.0 Å². The maximum absolute atomic E-state index is 14.4. The van der Waals surface area contributed by atoms with Gasteiger partial charge in [0.25, 0.3) is 0 Å². The molecule has 5 atom stereocenters. The zero-order valence-electron chi connectivity index (χ0n) is 19.5. The Morgan fingerprint density at radius 2 is 1.76 bits per heavy atom. The van der Waals surface area contributed by atoms with Gasteiger partial charge in [0.15, 0.2) is 0 Å². The Labute approximate surface area is 195 Å². The first-order valence-electron chi connectivity index (χ1n) is 12.2. The third-order valence-corrected chi connectivity index (χ3v) is 8.30. The molecule has 2 saturated heterocycles. The number of fused-ring (bicyclic) bond motifs is 2. The summed E-state index contributed by atoms with van der Waals surface area (Å²) in [4.78, 5) is 13.1. The third kappa shape index (κ3) is 4.10. The predicted molar refractivity (Wildman–Crippen MR) is 125 cm³/mol. The van der Waals surface area contributed by atoms with Gasteiger partial charge in [0.05, 0.1) is 22.7 Å². The molecular weight excluding hydrogens is 417 g/mol. The van der Waals surface area contributed by atoms with Gasteiger partial charge in [0, 0.05) is 18.0 Å². The Kier molecular flexibility index (Phi) is 5.61. The van der Waals surface area contributed by atoms with E-state index in [1.807, 2.05) is 13.0 Å². The molecule has 4 nitrogen and oxygen atoms in total. The minimum atomic E-state index is -0.762. The second-order valence-corrected chi connectivity index (χ2v) is 10.9. The van der Waals surface area contributed by atoms with Crippen LogP contribution in [0.25, 0.3) is 0 Å². The molecule has 2 aliphatic heterocycles. The monoisotopic (exact) mass is 451 g/mol. The summed E-state index contributed by atoms with van der Waals surface area (Å²) < 4.78 is 21.0. The average Bonchev–Trinajstić information content (AvgIpc) is 3.61.